The van der Waals surface area contributed by atoms with Gasteiger partial charge in [0, 0.05) is 39.8 Å². The summed E-state index contributed by atoms with van der Waals surface area (Å²) >= 11 is 0. The number of methoxy groups -OCH3 is 2. The molecule has 1 heterocycles. The van der Waals surface area contributed by atoms with Crippen LogP contribution in [-0.4, -0.2) is 75.4 Å². The molecule has 23 heavy (non-hydrogen) atoms. The zero-order valence-corrected chi connectivity index (χ0v) is 13.6. The Bertz CT molecular complexity index is 542. The van der Waals surface area contributed by atoms with Crippen LogP contribution in [0.5, 0.6) is 0 Å². The van der Waals surface area contributed by atoms with Crippen LogP contribution in [0.4, 0.5) is 10.5 Å². The van der Waals surface area contributed by atoms with Gasteiger partial charge in [0.05, 0.1) is 25.0 Å². The molecule has 1 aliphatic heterocycles. The van der Waals surface area contributed by atoms with Crippen LogP contribution in [0, 0.1) is 0 Å². The molecule has 0 unspecified atom stereocenters. The van der Waals surface area contributed by atoms with Gasteiger partial charge in [0.1, 0.15) is 0 Å². The van der Waals surface area contributed by atoms with Gasteiger partial charge in [-0.05, 0) is 12.1 Å². The van der Waals surface area contributed by atoms with Crippen LogP contribution in [0.3, 0.4) is 0 Å². The maximum atomic E-state index is 12.4. The lowest BCUT2D eigenvalue weighted by Gasteiger charge is -2.34. The highest BCUT2D eigenvalue weighted by molar-refractivity contribution is 6.00. The summed E-state index contributed by atoms with van der Waals surface area (Å²) in [5.41, 5.74) is 0.813. The van der Waals surface area contributed by atoms with Crippen LogP contribution >= 0.6 is 0 Å². The van der Waals surface area contributed by atoms with Crippen molar-refractivity contribution >= 4 is 17.7 Å². The lowest BCUT2D eigenvalue weighted by molar-refractivity contribution is 0.0602. The average molecular weight is 321 g/mol. The summed E-state index contributed by atoms with van der Waals surface area (Å²) in [4.78, 5) is 28.1. The molecular weight excluding hydrogens is 298 g/mol. The average Bonchev–Trinajstić information content (AvgIpc) is 2.60. The van der Waals surface area contributed by atoms with Crippen LogP contribution < -0.4 is 5.32 Å². The van der Waals surface area contributed by atoms with Crippen LogP contribution in [0.2, 0.25) is 0 Å². The molecule has 0 spiro atoms. The van der Waals surface area contributed by atoms with Crippen LogP contribution in [-0.2, 0) is 9.47 Å². The predicted octanol–water partition coefficient (Wildman–Crippen LogP) is 1.27. The molecule has 7 nitrogen and oxygen atoms in total. The van der Waals surface area contributed by atoms with E-state index in [-0.39, 0.29) is 6.03 Å². The van der Waals surface area contributed by atoms with Gasteiger partial charge < -0.3 is 19.7 Å². The van der Waals surface area contributed by atoms with Gasteiger partial charge in [-0.3, -0.25) is 4.90 Å². The molecule has 0 bridgehead atoms. The van der Waals surface area contributed by atoms with Crippen molar-refractivity contribution in [2.75, 3.05) is 58.9 Å². The van der Waals surface area contributed by atoms with E-state index in [0.29, 0.717) is 30.9 Å². The highest BCUT2D eigenvalue weighted by atomic mass is 16.5. The Morgan fingerprint density at radius 1 is 1.13 bits per heavy atom. The largest absolute Gasteiger partial charge is 0.465 e. The Balaban J connectivity index is 1.92. The number of carbonyl (C=O) groups excluding carboxylic acids is 2. The molecule has 0 atom stereocenters. The third kappa shape index (κ3) is 4.67. The van der Waals surface area contributed by atoms with Crippen molar-refractivity contribution in [2.45, 2.75) is 0 Å². The number of urea groups is 1. The van der Waals surface area contributed by atoms with Crippen molar-refractivity contribution in [1.82, 2.24) is 9.80 Å². The van der Waals surface area contributed by atoms with E-state index < -0.39 is 5.97 Å². The second kappa shape index (κ2) is 8.50. The van der Waals surface area contributed by atoms with Crippen LogP contribution in [0.25, 0.3) is 0 Å². The lowest BCUT2D eigenvalue weighted by atomic mass is 10.2. The molecule has 1 aromatic carbocycles. The standard InChI is InChI=1S/C16H23N3O4/c1-22-12-11-18-7-9-19(10-8-18)16(21)17-14-6-4-3-5-13(14)15(20)23-2/h3-6H,7-12H2,1-2H3,(H,17,21). The number of para-hydroxylation sites is 1. The Kier molecular flexibility index (Phi) is 6.37. The summed E-state index contributed by atoms with van der Waals surface area (Å²) in [6.07, 6.45) is 0. The highest BCUT2D eigenvalue weighted by Crippen LogP contribution is 2.17. The SMILES string of the molecule is COCCN1CCN(C(=O)Nc2ccccc2C(=O)OC)CC1. The zero-order valence-electron chi connectivity index (χ0n) is 13.6. The summed E-state index contributed by atoms with van der Waals surface area (Å²) in [6, 6.07) is 6.62. The van der Waals surface area contributed by atoms with Crippen LogP contribution in [0.15, 0.2) is 24.3 Å². The van der Waals surface area contributed by atoms with E-state index in [1.807, 2.05) is 0 Å². The quantitative estimate of drug-likeness (QED) is 0.827. The van der Waals surface area contributed by atoms with Gasteiger partial charge in [-0.25, -0.2) is 9.59 Å². The van der Waals surface area contributed by atoms with Crippen molar-refractivity contribution in [2.24, 2.45) is 0 Å². The summed E-state index contributed by atoms with van der Waals surface area (Å²) in [7, 11) is 3.00. The number of hydrogen-bond acceptors (Lipinski definition) is 5. The summed E-state index contributed by atoms with van der Waals surface area (Å²) in [5, 5.41) is 2.80. The van der Waals surface area contributed by atoms with Crippen LogP contribution in [0.1, 0.15) is 10.4 Å². The van der Waals surface area contributed by atoms with Gasteiger partial charge in [0.2, 0.25) is 0 Å². The number of carbonyl (C=O) groups is 2. The molecule has 2 amide bonds. The lowest BCUT2D eigenvalue weighted by Crippen LogP contribution is -2.50. The van der Waals surface area contributed by atoms with E-state index in [1.165, 1.54) is 7.11 Å². The van der Waals surface area contributed by atoms with Crippen molar-refractivity contribution in [3.8, 4) is 0 Å². The zero-order chi connectivity index (χ0) is 16.7. The number of esters is 1. The fourth-order valence-corrected chi connectivity index (χ4v) is 2.47. The predicted molar refractivity (Wildman–Crippen MR) is 86.7 cm³/mol. The molecule has 1 aromatic rings. The van der Waals surface area contributed by atoms with E-state index in [2.05, 4.69) is 10.2 Å². The van der Waals surface area contributed by atoms with E-state index in [4.69, 9.17) is 9.47 Å². The molecule has 0 aromatic heterocycles. The van der Waals surface area contributed by atoms with E-state index in [1.54, 1.807) is 36.3 Å². The monoisotopic (exact) mass is 321 g/mol. The molecule has 2 rings (SSSR count). The normalized spacial score (nSPS) is 15.3. The minimum absolute atomic E-state index is 0.201. The van der Waals surface area contributed by atoms with Gasteiger partial charge in [-0.15, -0.1) is 0 Å². The van der Waals surface area contributed by atoms with E-state index >= 15 is 0 Å². The number of rotatable bonds is 5. The second-order valence-corrected chi connectivity index (χ2v) is 5.29. The number of nitrogens with one attached hydrogen (secondary N) is 1. The molecule has 1 N–H and O–H groups in total. The fraction of sp³-hybridized carbons (Fsp3) is 0.500. The number of amides is 2. The number of nitrogens with zero attached hydrogens (tertiary/aromatic N) is 2. The molecule has 0 radical (unpaired) electrons. The summed E-state index contributed by atoms with van der Waals surface area (Å²) < 4.78 is 9.80. The van der Waals surface area contributed by atoms with Gasteiger partial charge in [0.25, 0.3) is 0 Å². The Labute approximate surface area is 136 Å². The molecule has 126 valence electrons. The number of hydrogen-bond donors (Lipinski definition) is 1. The molecule has 1 fully saturated rings. The third-order valence-electron chi connectivity index (χ3n) is 3.85. The number of benzene rings is 1. The number of anilines is 1. The molecule has 1 saturated heterocycles. The van der Waals surface area contributed by atoms with E-state index in [0.717, 1.165) is 19.6 Å². The van der Waals surface area contributed by atoms with Gasteiger partial charge in [0.15, 0.2) is 0 Å². The van der Waals surface area contributed by atoms with Crippen molar-refractivity contribution in [1.29, 1.82) is 0 Å². The Morgan fingerprint density at radius 3 is 2.48 bits per heavy atom. The first-order valence-electron chi connectivity index (χ1n) is 7.60. The fourth-order valence-electron chi connectivity index (χ4n) is 2.47. The summed E-state index contributed by atoms with van der Waals surface area (Å²) in [5.74, 6) is -0.467. The van der Waals surface area contributed by atoms with Gasteiger partial charge in [-0.1, -0.05) is 12.1 Å². The Morgan fingerprint density at radius 2 is 1.83 bits per heavy atom. The number of ether oxygens (including phenoxy) is 2. The smallest absolute Gasteiger partial charge is 0.339 e. The minimum atomic E-state index is -0.467. The maximum absolute atomic E-state index is 12.4. The maximum Gasteiger partial charge on any atom is 0.339 e. The second-order valence-electron chi connectivity index (χ2n) is 5.29. The molecule has 0 aliphatic carbocycles. The highest BCUT2D eigenvalue weighted by Gasteiger charge is 2.22. The van der Waals surface area contributed by atoms with E-state index in [9.17, 15) is 9.59 Å². The van der Waals surface area contributed by atoms with Gasteiger partial charge in [-0.2, -0.15) is 0 Å². The first-order chi connectivity index (χ1) is 11.2. The Hall–Kier alpha value is -2.12. The molecular formula is C16H23N3O4. The first-order valence-corrected chi connectivity index (χ1v) is 7.60. The molecule has 1 aliphatic rings. The van der Waals surface area contributed by atoms with Gasteiger partial charge >= 0.3 is 12.0 Å². The third-order valence-corrected chi connectivity index (χ3v) is 3.85. The summed E-state index contributed by atoms with van der Waals surface area (Å²) in [6.45, 7) is 4.49. The van der Waals surface area contributed by atoms with Crippen molar-refractivity contribution in [3.63, 3.8) is 0 Å². The topological polar surface area (TPSA) is 71.1 Å². The van der Waals surface area contributed by atoms with Crippen molar-refractivity contribution in [3.05, 3.63) is 29.8 Å². The first kappa shape index (κ1) is 17.2. The minimum Gasteiger partial charge on any atom is -0.465 e. The molecule has 7 heteroatoms. The molecule has 0 saturated carbocycles. The van der Waals surface area contributed by atoms with Crippen molar-refractivity contribution < 1.29 is 19.1 Å². The number of piperazine rings is 1.